The fourth-order valence-corrected chi connectivity index (χ4v) is 4.44. The van der Waals surface area contributed by atoms with Gasteiger partial charge in [-0.3, -0.25) is 14.0 Å². The fourth-order valence-electron chi connectivity index (χ4n) is 4.44. The van der Waals surface area contributed by atoms with Gasteiger partial charge in [-0.05, 0) is 69.4 Å². The predicted octanol–water partition coefficient (Wildman–Crippen LogP) is 8.79. The molecule has 11 heteroatoms. The largest absolute Gasteiger partial charge is 0.546 e. The minimum Gasteiger partial charge on any atom is -0.546 e. The molecule has 286 valence electrons. The summed E-state index contributed by atoms with van der Waals surface area (Å²) in [5.74, 6) is 1.62. The van der Waals surface area contributed by atoms with Crippen molar-refractivity contribution in [3.05, 3.63) is 102 Å². The normalized spacial score (nSPS) is 10.9. The molecule has 0 spiro atoms. The molecule has 0 radical (unpaired) electrons. The van der Waals surface area contributed by atoms with Gasteiger partial charge < -0.3 is 33.9 Å². The van der Waals surface area contributed by atoms with E-state index in [4.69, 9.17) is 33.2 Å². The Labute approximate surface area is 317 Å². The molecule has 0 aliphatic carbocycles. The molecule has 0 heterocycles. The molecule has 2 aromatic rings. The maximum absolute atomic E-state index is 10.6. The summed E-state index contributed by atoms with van der Waals surface area (Å²) in [4.78, 5) is 20.4. The standard InChI is InChI=1S/2C20H28O5.Pd/c1-16(21)15-20(23-3)18-9-11-19(12-10-18)25-14-8-6-4-5-7-13-24-17(2)22;1-3-23-16-24-13-7-5-4-6-8-14-25-19-11-9-18(10-12-19)20(22)15-17(2)21;/h9-12,15,21H,3-8,13-14H2,1-2H3;3,9-12,15,21H,1,4-8,13-14,16H2,2H3;/p+1/b16-15-;17-15-;. The van der Waals surface area contributed by atoms with E-state index in [0.29, 0.717) is 38.1 Å². The van der Waals surface area contributed by atoms with Gasteiger partial charge in [-0.2, -0.15) is 0 Å². The molecule has 0 aromatic heterocycles. The number of unbranched alkanes of at least 4 members (excludes halogenated alkanes) is 8. The first-order chi connectivity index (χ1) is 24.2. The van der Waals surface area contributed by atoms with Crippen molar-refractivity contribution < 1.29 is 68.3 Å². The van der Waals surface area contributed by atoms with Crippen LogP contribution < -0.4 is 9.47 Å². The van der Waals surface area contributed by atoms with Gasteiger partial charge in [-0.15, -0.1) is 12.1 Å². The van der Waals surface area contributed by atoms with Gasteiger partial charge in [0.15, 0.2) is 6.79 Å². The Balaban J connectivity index is 0.000000962. The summed E-state index contributed by atoms with van der Waals surface area (Å²) in [5.41, 5.74) is 1.46. The molecule has 2 rings (SSSR count). The molecule has 10 nitrogen and oxygen atoms in total. The quantitative estimate of drug-likeness (QED) is 0.0111. The average Bonchev–Trinajstić information content (AvgIpc) is 3.09. The Hall–Kier alpha value is -4.04. The molecule has 0 saturated carbocycles. The van der Waals surface area contributed by atoms with Crippen molar-refractivity contribution in [3.63, 3.8) is 0 Å². The number of benzene rings is 2. The molecule has 0 aliphatic heterocycles. The zero-order chi connectivity index (χ0) is 36.8. The maximum Gasteiger partial charge on any atom is 0.350 e. The first-order valence-corrected chi connectivity index (χ1v) is 17.2. The summed E-state index contributed by atoms with van der Waals surface area (Å²) in [6.07, 6.45) is 15.3. The molecular formula is C40H57O10Pd+. The van der Waals surface area contributed by atoms with E-state index in [1.807, 2.05) is 36.4 Å². The van der Waals surface area contributed by atoms with E-state index in [1.165, 1.54) is 32.3 Å². The zero-order valence-corrected chi connectivity index (χ0v) is 31.9. The van der Waals surface area contributed by atoms with Gasteiger partial charge >= 0.3 is 11.8 Å². The van der Waals surface area contributed by atoms with E-state index in [1.54, 1.807) is 19.1 Å². The van der Waals surface area contributed by atoms with Crippen LogP contribution in [0.3, 0.4) is 0 Å². The Morgan fingerprint density at radius 3 is 1.73 bits per heavy atom. The Morgan fingerprint density at radius 2 is 1.25 bits per heavy atom. The van der Waals surface area contributed by atoms with Gasteiger partial charge in [-0.1, -0.05) is 57.2 Å². The minimum atomic E-state index is -0.214. The van der Waals surface area contributed by atoms with Gasteiger partial charge in [0.25, 0.3) is 6.10 Å². The van der Waals surface area contributed by atoms with Gasteiger partial charge in [0, 0.05) is 39.2 Å². The average molecular weight is 804 g/mol. The molecule has 3 N–H and O–H groups in total. The fraction of sp³-hybridized carbons (Fsp3) is 0.450. The van der Waals surface area contributed by atoms with Crippen LogP contribution in [0.1, 0.15) is 96.1 Å². The molecule has 0 saturated heterocycles. The van der Waals surface area contributed by atoms with E-state index in [-0.39, 0.29) is 50.5 Å². The third kappa shape index (κ3) is 25.6. The molecule has 0 bridgehead atoms. The minimum absolute atomic E-state index is 0. The molecule has 51 heavy (non-hydrogen) atoms. The number of aliphatic hydroxyl groups is 2. The number of rotatable bonds is 26. The molecule has 2 aromatic carbocycles. The maximum atomic E-state index is 10.6. The van der Waals surface area contributed by atoms with Crippen LogP contribution in [0.15, 0.2) is 85.0 Å². The summed E-state index contributed by atoms with van der Waals surface area (Å²) in [7, 11) is 0. The van der Waals surface area contributed by atoms with Crippen LogP contribution in [0.4, 0.5) is 0 Å². The Bertz CT molecular complexity index is 1280. The molecular weight excluding hydrogens is 747 g/mol. The molecule has 0 amide bonds. The van der Waals surface area contributed by atoms with E-state index in [9.17, 15) is 14.7 Å². The number of ether oxygens (including phenoxy) is 5. The summed E-state index contributed by atoms with van der Waals surface area (Å²) < 4.78 is 31.4. The second kappa shape index (κ2) is 30.8. The van der Waals surface area contributed by atoms with Crippen molar-refractivity contribution in [1.82, 2.24) is 0 Å². The van der Waals surface area contributed by atoms with Crippen molar-refractivity contribution in [2.45, 2.75) is 85.0 Å². The van der Waals surface area contributed by atoms with Crippen molar-refractivity contribution in [3.8, 4) is 11.5 Å². The van der Waals surface area contributed by atoms with Gasteiger partial charge in [-0.25, -0.2) is 0 Å². The smallest absolute Gasteiger partial charge is 0.350 e. The molecule has 0 fully saturated rings. The van der Waals surface area contributed by atoms with Crippen LogP contribution in [0.5, 0.6) is 11.5 Å². The van der Waals surface area contributed by atoms with Crippen molar-refractivity contribution in [2.75, 3.05) is 33.2 Å². The summed E-state index contributed by atoms with van der Waals surface area (Å²) in [6, 6.07) is 14.6. The van der Waals surface area contributed by atoms with E-state index in [2.05, 4.69) is 13.4 Å². The Morgan fingerprint density at radius 1 is 0.765 bits per heavy atom. The molecule has 0 unspecified atom stereocenters. The Kier molecular flexibility index (Phi) is 28.3. The zero-order valence-electron chi connectivity index (χ0n) is 30.4. The number of esters is 1. The van der Waals surface area contributed by atoms with Gasteiger partial charge in [0.2, 0.25) is 6.79 Å². The second-order valence-corrected chi connectivity index (χ2v) is 11.4. The predicted molar refractivity (Wildman–Crippen MR) is 197 cm³/mol. The van der Waals surface area contributed by atoms with Crippen LogP contribution in [-0.2, 0) is 43.9 Å². The number of carbonyl (C=O) groups is 1. The summed E-state index contributed by atoms with van der Waals surface area (Å²) >= 11 is 0. The van der Waals surface area contributed by atoms with Crippen molar-refractivity contribution >= 4 is 18.5 Å². The number of carbonyl (C=O) groups excluding carboxylic acids is 3. The number of aliphatic hydroxyl groups excluding tert-OH is 2. The first-order valence-electron chi connectivity index (χ1n) is 17.2. The number of hydrogen-bond acceptors (Lipinski definition) is 8. The van der Waals surface area contributed by atoms with Crippen molar-refractivity contribution in [2.24, 2.45) is 0 Å². The third-order valence-electron chi connectivity index (χ3n) is 6.96. The SMILES string of the molecule is C=COCOCCCCCCCOc1ccc(C(=[OH+])/C=C(/C)O)cc1.C=[O+][C-](/C=C(/C)O)c1ccc(OCCCCCCCOC(C)=O)cc1.[Pd]. The first kappa shape index (κ1) is 47.0. The third-order valence-corrected chi connectivity index (χ3v) is 6.96. The van der Waals surface area contributed by atoms with Gasteiger partial charge in [0.05, 0.1) is 50.1 Å². The number of allylic oxidation sites excluding steroid dienone is 3. The summed E-state index contributed by atoms with van der Waals surface area (Å²) in [6.45, 7) is 14.2. The van der Waals surface area contributed by atoms with E-state index >= 15 is 0 Å². The second-order valence-electron chi connectivity index (χ2n) is 11.4. The van der Waals surface area contributed by atoms with Crippen LogP contribution in [0, 0.1) is 6.10 Å². The van der Waals surface area contributed by atoms with Gasteiger partial charge in [0.1, 0.15) is 11.5 Å². The molecule has 0 atom stereocenters. The monoisotopic (exact) mass is 803 g/mol. The van der Waals surface area contributed by atoms with E-state index < -0.39 is 0 Å². The van der Waals surface area contributed by atoms with Crippen LogP contribution in [0.25, 0.3) is 0 Å². The summed E-state index contributed by atoms with van der Waals surface area (Å²) in [5, 5.41) is 18.5. The topological polar surface area (TPSA) is 136 Å². The van der Waals surface area contributed by atoms with Crippen LogP contribution in [0.2, 0.25) is 0 Å². The van der Waals surface area contributed by atoms with E-state index in [0.717, 1.165) is 81.3 Å². The number of hydrogen-bond donors (Lipinski definition) is 2. The molecule has 0 aliphatic rings. The van der Waals surface area contributed by atoms with Crippen molar-refractivity contribution in [1.29, 1.82) is 0 Å². The van der Waals surface area contributed by atoms with Crippen LogP contribution in [-0.4, -0.2) is 66.8 Å². The number of ketones is 1. The van der Waals surface area contributed by atoms with Crippen LogP contribution >= 0.6 is 0 Å².